The lowest BCUT2D eigenvalue weighted by Gasteiger charge is -2.23. The van der Waals surface area contributed by atoms with Crippen LogP contribution in [0.2, 0.25) is 0 Å². The fourth-order valence-corrected chi connectivity index (χ4v) is 6.36. The first-order valence-corrected chi connectivity index (χ1v) is 12.5. The summed E-state index contributed by atoms with van der Waals surface area (Å²) in [6.07, 6.45) is 4.92. The van der Waals surface area contributed by atoms with Gasteiger partial charge in [-0.1, -0.05) is 42.5 Å². The number of carbonyl (C=O) groups excluding carboxylic acids is 3. The molecule has 0 N–H and O–H groups in total. The van der Waals surface area contributed by atoms with E-state index in [2.05, 4.69) is 4.98 Å². The molecule has 4 atom stereocenters. The van der Waals surface area contributed by atoms with Gasteiger partial charge in [-0.3, -0.25) is 24.2 Å². The summed E-state index contributed by atoms with van der Waals surface area (Å²) in [6, 6.07) is 15.5. The number of fused-ring (bicyclic) bond motifs is 5. The molecule has 2 heterocycles. The lowest BCUT2D eigenvalue weighted by atomic mass is 9.85. The second-order valence-corrected chi connectivity index (χ2v) is 10.1. The molecule has 2 aliphatic carbocycles. The van der Waals surface area contributed by atoms with Crippen molar-refractivity contribution in [1.29, 1.82) is 0 Å². The zero-order valence-corrected chi connectivity index (χ0v) is 19.5. The van der Waals surface area contributed by atoms with Gasteiger partial charge in [0.1, 0.15) is 12.4 Å². The van der Waals surface area contributed by atoms with Crippen LogP contribution in [0.4, 0.5) is 9.52 Å². The van der Waals surface area contributed by atoms with Gasteiger partial charge in [-0.2, -0.15) is 0 Å². The number of aromatic nitrogens is 1. The molecule has 3 aromatic rings. The number of hydrogen-bond acceptors (Lipinski definition) is 5. The monoisotopic (exact) mass is 487 g/mol. The zero-order valence-electron chi connectivity index (χ0n) is 18.7. The predicted molar refractivity (Wildman–Crippen MR) is 130 cm³/mol. The number of anilines is 1. The van der Waals surface area contributed by atoms with Crippen molar-refractivity contribution in [3.8, 4) is 11.3 Å². The van der Waals surface area contributed by atoms with Crippen LogP contribution in [0.3, 0.4) is 0 Å². The average molecular weight is 488 g/mol. The zero-order chi connectivity index (χ0) is 24.1. The van der Waals surface area contributed by atoms with Gasteiger partial charge in [0.2, 0.25) is 17.7 Å². The summed E-state index contributed by atoms with van der Waals surface area (Å²) in [5.41, 5.74) is 2.26. The summed E-state index contributed by atoms with van der Waals surface area (Å²) in [5, 5.41) is 2.27. The number of amides is 3. The van der Waals surface area contributed by atoms with Crippen LogP contribution in [0.25, 0.3) is 11.3 Å². The number of carbonyl (C=O) groups is 3. The number of rotatable bonds is 6. The van der Waals surface area contributed by atoms with Crippen LogP contribution in [0.1, 0.15) is 12.0 Å². The topological polar surface area (TPSA) is 70.6 Å². The summed E-state index contributed by atoms with van der Waals surface area (Å²) >= 11 is 1.29. The molecule has 6 nitrogen and oxygen atoms in total. The first-order valence-electron chi connectivity index (χ1n) is 11.6. The van der Waals surface area contributed by atoms with Crippen LogP contribution in [-0.2, 0) is 20.9 Å². The van der Waals surface area contributed by atoms with E-state index in [1.165, 1.54) is 28.4 Å². The van der Waals surface area contributed by atoms with Crippen molar-refractivity contribution < 1.29 is 18.8 Å². The molecule has 4 unspecified atom stereocenters. The van der Waals surface area contributed by atoms with Gasteiger partial charge >= 0.3 is 0 Å². The Kier molecular flexibility index (Phi) is 5.33. The van der Waals surface area contributed by atoms with Gasteiger partial charge in [0.05, 0.1) is 24.1 Å². The molecule has 2 bridgehead atoms. The number of benzene rings is 2. The number of thiazole rings is 1. The molecule has 2 fully saturated rings. The summed E-state index contributed by atoms with van der Waals surface area (Å²) in [7, 11) is 0. The fourth-order valence-electron chi connectivity index (χ4n) is 5.51. The highest BCUT2D eigenvalue weighted by Crippen LogP contribution is 2.52. The number of allylic oxidation sites excluding steroid dienone is 2. The van der Waals surface area contributed by atoms with Crippen LogP contribution < -0.4 is 4.90 Å². The Hall–Kier alpha value is -3.65. The minimum atomic E-state index is -0.365. The van der Waals surface area contributed by atoms with Crippen LogP contribution in [0.5, 0.6) is 0 Å². The molecule has 35 heavy (non-hydrogen) atoms. The van der Waals surface area contributed by atoms with Crippen molar-refractivity contribution in [2.24, 2.45) is 23.7 Å². The van der Waals surface area contributed by atoms with Crippen LogP contribution in [0, 0.1) is 29.5 Å². The lowest BCUT2D eigenvalue weighted by Crippen LogP contribution is -2.43. The molecule has 0 radical (unpaired) electrons. The van der Waals surface area contributed by atoms with Gasteiger partial charge in [0, 0.05) is 10.9 Å². The van der Waals surface area contributed by atoms with Gasteiger partial charge < -0.3 is 0 Å². The minimum Gasteiger partial charge on any atom is -0.282 e. The van der Waals surface area contributed by atoms with Crippen molar-refractivity contribution in [3.05, 3.63) is 83.5 Å². The predicted octanol–water partition coefficient (Wildman–Crippen LogP) is 4.29. The van der Waals surface area contributed by atoms with E-state index >= 15 is 0 Å². The largest absolute Gasteiger partial charge is 0.282 e. The quantitative estimate of drug-likeness (QED) is 0.384. The van der Waals surface area contributed by atoms with Crippen molar-refractivity contribution in [2.75, 3.05) is 11.4 Å². The summed E-state index contributed by atoms with van der Waals surface area (Å²) in [6.45, 7) is -0.0473. The SMILES string of the molecule is O=C1C2C3C=CC(C3)C2C(=O)N1CC(=O)N(Cc1ccccc1)c1nc(-c2ccc(F)cc2)cs1. The summed E-state index contributed by atoms with van der Waals surface area (Å²) in [5.74, 6) is -1.66. The maximum Gasteiger partial charge on any atom is 0.249 e. The number of nitrogens with zero attached hydrogens (tertiary/aromatic N) is 3. The third-order valence-corrected chi connectivity index (χ3v) is 8.07. The van der Waals surface area contributed by atoms with E-state index in [9.17, 15) is 18.8 Å². The van der Waals surface area contributed by atoms with E-state index < -0.39 is 0 Å². The van der Waals surface area contributed by atoms with Crippen LogP contribution >= 0.6 is 11.3 Å². The number of hydrogen-bond donors (Lipinski definition) is 0. The van der Waals surface area contributed by atoms with Crippen LogP contribution in [-0.4, -0.2) is 34.2 Å². The van der Waals surface area contributed by atoms with Crippen molar-refractivity contribution in [2.45, 2.75) is 13.0 Å². The fraction of sp³-hybridized carbons (Fsp3) is 0.259. The van der Waals surface area contributed by atoms with E-state index in [0.717, 1.165) is 22.4 Å². The van der Waals surface area contributed by atoms with Gasteiger partial charge in [-0.05, 0) is 48.1 Å². The molecule has 6 rings (SSSR count). The van der Waals surface area contributed by atoms with E-state index in [-0.39, 0.29) is 60.3 Å². The van der Waals surface area contributed by atoms with E-state index in [4.69, 9.17) is 0 Å². The Morgan fingerprint density at radius 1 is 1.00 bits per heavy atom. The Labute approximate surface area is 205 Å². The van der Waals surface area contributed by atoms with Gasteiger partial charge in [-0.15, -0.1) is 11.3 Å². The Bertz CT molecular complexity index is 1310. The first-order chi connectivity index (χ1) is 17.0. The molecule has 3 amide bonds. The molecule has 1 aromatic heterocycles. The normalized spacial score (nSPS) is 24.3. The maximum absolute atomic E-state index is 13.6. The smallest absolute Gasteiger partial charge is 0.249 e. The van der Waals surface area contributed by atoms with Gasteiger partial charge in [-0.25, -0.2) is 9.37 Å². The molecule has 0 spiro atoms. The number of likely N-dealkylation sites (tertiary alicyclic amines) is 1. The second kappa shape index (κ2) is 8.53. The molecule has 176 valence electrons. The van der Waals surface area contributed by atoms with Gasteiger partial charge in [0.25, 0.3) is 0 Å². The molecular weight excluding hydrogens is 465 g/mol. The van der Waals surface area contributed by atoms with E-state index in [0.29, 0.717) is 10.8 Å². The highest BCUT2D eigenvalue weighted by molar-refractivity contribution is 7.14. The molecule has 1 aliphatic heterocycles. The second-order valence-electron chi connectivity index (χ2n) is 9.25. The molecule has 8 heteroatoms. The molecule has 1 saturated heterocycles. The van der Waals surface area contributed by atoms with Crippen molar-refractivity contribution >= 4 is 34.2 Å². The molecule has 3 aliphatic rings. The molecular formula is C27H22FN3O3S. The number of halogens is 1. The average Bonchev–Trinajstić information content (AvgIpc) is 3.65. The Morgan fingerprint density at radius 3 is 2.31 bits per heavy atom. The van der Waals surface area contributed by atoms with Crippen molar-refractivity contribution in [1.82, 2.24) is 9.88 Å². The third-order valence-electron chi connectivity index (χ3n) is 7.20. The lowest BCUT2D eigenvalue weighted by molar-refractivity contribution is -0.143. The van der Waals surface area contributed by atoms with Gasteiger partial charge in [0.15, 0.2) is 5.13 Å². The van der Waals surface area contributed by atoms with E-state index in [1.54, 1.807) is 12.1 Å². The Balaban J connectivity index is 1.27. The first kappa shape index (κ1) is 21.9. The highest BCUT2D eigenvalue weighted by Gasteiger charge is 2.59. The minimum absolute atomic E-state index is 0.0965. The summed E-state index contributed by atoms with van der Waals surface area (Å²) in [4.78, 5) is 47.1. The van der Waals surface area contributed by atoms with Crippen LogP contribution in [0.15, 0.2) is 72.1 Å². The number of imide groups is 1. The molecule has 2 aromatic carbocycles. The third kappa shape index (κ3) is 3.78. The molecule has 1 saturated carbocycles. The van der Waals surface area contributed by atoms with Crippen molar-refractivity contribution in [3.63, 3.8) is 0 Å². The Morgan fingerprint density at radius 2 is 1.66 bits per heavy atom. The highest BCUT2D eigenvalue weighted by atomic mass is 32.1. The maximum atomic E-state index is 13.6. The summed E-state index contributed by atoms with van der Waals surface area (Å²) < 4.78 is 13.3. The van der Waals surface area contributed by atoms with E-state index in [1.807, 2.05) is 47.9 Å². The standard InChI is InChI=1S/C27H22FN3O3S/c28-20-10-8-17(9-11-20)21-15-35-27(29-21)30(13-16-4-2-1-3-5-16)22(32)14-31-25(33)23-18-6-7-19(12-18)24(23)26(31)34/h1-11,15,18-19,23-24H,12-14H2.